The van der Waals surface area contributed by atoms with E-state index >= 15 is 0 Å². The van der Waals surface area contributed by atoms with Gasteiger partial charge in [-0.1, -0.05) is 5.16 Å². The molecule has 0 aromatic carbocycles. The molecule has 0 atom stereocenters. The van der Waals surface area contributed by atoms with Gasteiger partial charge in [0.15, 0.2) is 5.82 Å². The Hall–Kier alpha value is -2.11. The Morgan fingerprint density at radius 2 is 2.33 bits per heavy atom. The SMILES string of the molecule is Cc1nc(CNc2cncc(N)c2)no1. The van der Waals surface area contributed by atoms with E-state index < -0.39 is 0 Å². The number of rotatable bonds is 3. The van der Waals surface area contributed by atoms with Gasteiger partial charge >= 0.3 is 0 Å². The normalized spacial score (nSPS) is 10.2. The highest BCUT2D eigenvalue weighted by atomic mass is 16.5. The Balaban J connectivity index is 1.99. The molecule has 0 fully saturated rings. The Labute approximate surface area is 86.5 Å². The van der Waals surface area contributed by atoms with Crippen molar-refractivity contribution in [2.45, 2.75) is 13.5 Å². The summed E-state index contributed by atoms with van der Waals surface area (Å²) in [4.78, 5) is 8.01. The quantitative estimate of drug-likeness (QED) is 0.775. The first-order valence-electron chi connectivity index (χ1n) is 4.47. The van der Waals surface area contributed by atoms with Gasteiger partial charge in [-0.15, -0.1) is 0 Å². The Morgan fingerprint density at radius 3 is 3.00 bits per heavy atom. The molecule has 2 rings (SSSR count). The van der Waals surface area contributed by atoms with E-state index in [1.165, 1.54) is 0 Å². The number of pyridine rings is 1. The molecular formula is C9H11N5O. The zero-order chi connectivity index (χ0) is 10.7. The van der Waals surface area contributed by atoms with Crippen LogP contribution in [0.3, 0.4) is 0 Å². The molecule has 6 nitrogen and oxygen atoms in total. The summed E-state index contributed by atoms with van der Waals surface area (Å²) in [6, 6.07) is 1.79. The van der Waals surface area contributed by atoms with Crippen molar-refractivity contribution in [3.05, 3.63) is 30.2 Å². The average molecular weight is 205 g/mol. The van der Waals surface area contributed by atoms with Crippen LogP contribution in [-0.4, -0.2) is 15.1 Å². The third-order valence-corrected chi connectivity index (χ3v) is 1.78. The molecule has 0 bridgehead atoms. The van der Waals surface area contributed by atoms with Crippen LogP contribution in [0.4, 0.5) is 11.4 Å². The van der Waals surface area contributed by atoms with E-state index in [-0.39, 0.29) is 0 Å². The molecule has 2 heterocycles. The number of hydrogen-bond donors (Lipinski definition) is 2. The van der Waals surface area contributed by atoms with E-state index in [1.807, 2.05) is 0 Å². The van der Waals surface area contributed by atoms with Crippen molar-refractivity contribution < 1.29 is 4.52 Å². The van der Waals surface area contributed by atoms with Gasteiger partial charge in [-0.05, 0) is 6.07 Å². The molecule has 0 spiro atoms. The second kappa shape index (κ2) is 3.95. The average Bonchev–Trinajstić information content (AvgIpc) is 2.62. The second-order valence-electron chi connectivity index (χ2n) is 3.09. The summed E-state index contributed by atoms with van der Waals surface area (Å²) in [5, 5.41) is 6.84. The summed E-state index contributed by atoms with van der Waals surface area (Å²) in [5.41, 5.74) is 7.03. The molecule has 15 heavy (non-hydrogen) atoms. The zero-order valence-electron chi connectivity index (χ0n) is 8.27. The molecule has 2 aromatic rings. The van der Waals surface area contributed by atoms with Crippen LogP contribution in [0.15, 0.2) is 23.0 Å². The molecule has 0 amide bonds. The fourth-order valence-electron chi connectivity index (χ4n) is 1.15. The lowest BCUT2D eigenvalue weighted by molar-refractivity contribution is 0.388. The van der Waals surface area contributed by atoms with Crippen molar-refractivity contribution in [3.8, 4) is 0 Å². The fourth-order valence-corrected chi connectivity index (χ4v) is 1.15. The predicted octanol–water partition coefficient (Wildman–Crippen LogP) is 0.967. The maximum atomic E-state index is 5.58. The third kappa shape index (κ3) is 2.43. The first kappa shape index (κ1) is 9.45. The predicted molar refractivity (Wildman–Crippen MR) is 55.0 cm³/mol. The molecule has 0 aliphatic rings. The van der Waals surface area contributed by atoms with E-state index in [2.05, 4.69) is 20.4 Å². The van der Waals surface area contributed by atoms with Gasteiger partial charge in [0.2, 0.25) is 5.89 Å². The highest BCUT2D eigenvalue weighted by molar-refractivity contribution is 5.51. The van der Waals surface area contributed by atoms with Crippen molar-refractivity contribution in [1.82, 2.24) is 15.1 Å². The molecule has 0 saturated heterocycles. The van der Waals surface area contributed by atoms with Gasteiger partial charge in [-0.25, -0.2) is 0 Å². The number of nitrogen functional groups attached to an aromatic ring is 1. The molecule has 78 valence electrons. The maximum Gasteiger partial charge on any atom is 0.223 e. The van der Waals surface area contributed by atoms with Crippen LogP contribution < -0.4 is 11.1 Å². The summed E-state index contributed by atoms with van der Waals surface area (Å²) in [6.45, 7) is 2.24. The molecule has 0 unspecified atom stereocenters. The lowest BCUT2D eigenvalue weighted by Crippen LogP contribution is -2.02. The lowest BCUT2D eigenvalue weighted by atomic mass is 10.4. The Morgan fingerprint density at radius 1 is 1.47 bits per heavy atom. The van der Waals surface area contributed by atoms with Crippen LogP contribution in [-0.2, 0) is 6.54 Å². The van der Waals surface area contributed by atoms with E-state index in [1.54, 1.807) is 25.4 Å². The van der Waals surface area contributed by atoms with Crippen LogP contribution in [0, 0.1) is 6.92 Å². The molecular weight excluding hydrogens is 194 g/mol. The maximum absolute atomic E-state index is 5.58. The molecule has 0 radical (unpaired) electrons. The van der Waals surface area contributed by atoms with Crippen molar-refractivity contribution >= 4 is 11.4 Å². The van der Waals surface area contributed by atoms with Crippen molar-refractivity contribution in [2.24, 2.45) is 0 Å². The fraction of sp³-hybridized carbons (Fsp3) is 0.222. The topological polar surface area (TPSA) is 89.9 Å². The molecule has 0 aliphatic carbocycles. The number of nitrogens with one attached hydrogen (secondary N) is 1. The minimum atomic E-state index is 0.489. The van der Waals surface area contributed by atoms with Crippen molar-refractivity contribution in [3.63, 3.8) is 0 Å². The summed E-state index contributed by atoms with van der Waals surface area (Å²) < 4.78 is 4.84. The summed E-state index contributed by atoms with van der Waals surface area (Å²) in [7, 11) is 0. The van der Waals surface area contributed by atoms with E-state index in [0.717, 1.165) is 5.69 Å². The minimum Gasteiger partial charge on any atom is -0.397 e. The summed E-state index contributed by atoms with van der Waals surface area (Å²) in [6.07, 6.45) is 3.27. The van der Waals surface area contributed by atoms with Crippen LogP contribution in [0.5, 0.6) is 0 Å². The van der Waals surface area contributed by atoms with Crippen LogP contribution in [0.2, 0.25) is 0 Å². The largest absolute Gasteiger partial charge is 0.397 e. The van der Waals surface area contributed by atoms with E-state index in [0.29, 0.717) is 23.9 Å². The zero-order valence-corrected chi connectivity index (χ0v) is 8.27. The van der Waals surface area contributed by atoms with Crippen LogP contribution in [0.25, 0.3) is 0 Å². The number of nitrogens with zero attached hydrogens (tertiary/aromatic N) is 3. The number of aryl methyl sites for hydroxylation is 1. The van der Waals surface area contributed by atoms with Gasteiger partial charge in [0.05, 0.1) is 24.1 Å². The van der Waals surface area contributed by atoms with E-state index in [9.17, 15) is 0 Å². The standard InChI is InChI=1S/C9H11N5O/c1-6-13-9(14-15-6)5-12-8-2-7(10)3-11-4-8/h2-4,12H,5,10H2,1H3. The van der Waals surface area contributed by atoms with E-state index in [4.69, 9.17) is 10.3 Å². The number of anilines is 2. The van der Waals surface area contributed by atoms with Gasteiger partial charge < -0.3 is 15.6 Å². The van der Waals surface area contributed by atoms with Crippen molar-refractivity contribution in [1.29, 1.82) is 0 Å². The summed E-state index contributed by atoms with van der Waals surface area (Å²) >= 11 is 0. The van der Waals surface area contributed by atoms with Gasteiger partial charge in [0, 0.05) is 13.1 Å². The number of hydrogen-bond acceptors (Lipinski definition) is 6. The highest BCUT2D eigenvalue weighted by Crippen LogP contribution is 2.10. The van der Waals surface area contributed by atoms with Gasteiger partial charge in [0.25, 0.3) is 0 Å². The minimum absolute atomic E-state index is 0.489. The smallest absolute Gasteiger partial charge is 0.223 e. The van der Waals surface area contributed by atoms with Crippen LogP contribution in [0.1, 0.15) is 11.7 Å². The summed E-state index contributed by atoms with van der Waals surface area (Å²) in [5.74, 6) is 1.16. The monoisotopic (exact) mass is 205 g/mol. The first-order valence-corrected chi connectivity index (χ1v) is 4.47. The molecule has 3 N–H and O–H groups in total. The Bertz CT molecular complexity index is 453. The van der Waals surface area contributed by atoms with Gasteiger partial charge in [-0.3, -0.25) is 4.98 Å². The highest BCUT2D eigenvalue weighted by Gasteiger charge is 2.01. The third-order valence-electron chi connectivity index (χ3n) is 1.78. The first-order chi connectivity index (χ1) is 7.24. The van der Waals surface area contributed by atoms with Gasteiger partial charge in [-0.2, -0.15) is 4.98 Å². The molecule has 2 aromatic heterocycles. The molecule has 0 aliphatic heterocycles. The second-order valence-corrected chi connectivity index (χ2v) is 3.09. The van der Waals surface area contributed by atoms with Crippen LogP contribution >= 0.6 is 0 Å². The molecule has 6 heteroatoms. The lowest BCUT2D eigenvalue weighted by Gasteiger charge is -2.02. The number of aromatic nitrogens is 3. The Kier molecular flexibility index (Phi) is 2.49. The van der Waals surface area contributed by atoms with Crippen molar-refractivity contribution in [2.75, 3.05) is 11.1 Å². The molecule has 0 saturated carbocycles. The van der Waals surface area contributed by atoms with Gasteiger partial charge in [0.1, 0.15) is 0 Å². The number of nitrogens with two attached hydrogens (primary N) is 1.